The van der Waals surface area contributed by atoms with Gasteiger partial charge in [0.1, 0.15) is 5.82 Å². The van der Waals surface area contributed by atoms with Gasteiger partial charge in [-0.15, -0.1) is 0 Å². The van der Waals surface area contributed by atoms with Crippen molar-refractivity contribution in [2.45, 2.75) is 12.8 Å². The van der Waals surface area contributed by atoms with Crippen LogP contribution in [0.15, 0.2) is 28.8 Å². The fourth-order valence-electron chi connectivity index (χ4n) is 1.52. The lowest BCUT2D eigenvalue weighted by Crippen LogP contribution is -2.08. The summed E-state index contributed by atoms with van der Waals surface area (Å²) in [6.45, 7) is 0.886. The normalized spacial score (nSPS) is 10.7. The van der Waals surface area contributed by atoms with Crippen molar-refractivity contribution < 1.29 is 8.91 Å². The van der Waals surface area contributed by atoms with Crippen LogP contribution < -0.4 is 5.32 Å². The molecule has 90 valence electrons. The minimum Gasteiger partial charge on any atom is -0.339 e. The van der Waals surface area contributed by atoms with Gasteiger partial charge in [-0.2, -0.15) is 4.98 Å². The van der Waals surface area contributed by atoms with E-state index < -0.39 is 0 Å². The molecule has 0 unspecified atom stereocenters. The number of hydrogen-bond acceptors (Lipinski definition) is 4. The zero-order valence-electron chi connectivity index (χ0n) is 9.61. The van der Waals surface area contributed by atoms with Gasteiger partial charge in [-0.25, -0.2) is 4.39 Å². The summed E-state index contributed by atoms with van der Waals surface area (Å²) in [4.78, 5) is 4.17. The van der Waals surface area contributed by atoms with Crippen molar-refractivity contribution in [3.05, 3.63) is 36.0 Å². The average molecular weight is 235 g/mol. The Bertz CT molecular complexity index is 484. The van der Waals surface area contributed by atoms with Crippen LogP contribution in [0.25, 0.3) is 11.4 Å². The van der Waals surface area contributed by atoms with Crippen molar-refractivity contribution in [1.82, 2.24) is 15.5 Å². The third-order valence-electron chi connectivity index (χ3n) is 2.40. The third kappa shape index (κ3) is 2.88. The SMILES string of the molecule is CNCCCc1nc(-c2ccccc2F)no1. The smallest absolute Gasteiger partial charge is 0.227 e. The van der Waals surface area contributed by atoms with E-state index in [1.807, 2.05) is 7.05 Å². The van der Waals surface area contributed by atoms with Gasteiger partial charge < -0.3 is 9.84 Å². The molecule has 0 fully saturated rings. The molecule has 0 radical (unpaired) electrons. The molecule has 0 saturated heterocycles. The van der Waals surface area contributed by atoms with Gasteiger partial charge in [-0.05, 0) is 32.1 Å². The van der Waals surface area contributed by atoms with Gasteiger partial charge in [-0.3, -0.25) is 0 Å². The number of hydrogen-bond donors (Lipinski definition) is 1. The number of nitrogens with one attached hydrogen (secondary N) is 1. The lowest BCUT2D eigenvalue weighted by Gasteiger charge is -1.95. The van der Waals surface area contributed by atoms with Crippen molar-refractivity contribution in [3.63, 3.8) is 0 Å². The van der Waals surface area contributed by atoms with Gasteiger partial charge in [0.05, 0.1) is 5.56 Å². The summed E-state index contributed by atoms with van der Waals surface area (Å²) in [6, 6.07) is 6.39. The number of rotatable bonds is 5. The van der Waals surface area contributed by atoms with Crippen LogP contribution in [0.3, 0.4) is 0 Å². The number of aromatic nitrogens is 2. The summed E-state index contributed by atoms with van der Waals surface area (Å²) in [5.41, 5.74) is 0.371. The van der Waals surface area contributed by atoms with Crippen LogP contribution >= 0.6 is 0 Å². The highest BCUT2D eigenvalue weighted by Gasteiger charge is 2.11. The lowest BCUT2D eigenvalue weighted by atomic mass is 10.2. The van der Waals surface area contributed by atoms with Gasteiger partial charge in [0.25, 0.3) is 0 Å². The maximum atomic E-state index is 13.5. The van der Waals surface area contributed by atoms with Crippen LogP contribution in [0, 0.1) is 5.82 Å². The van der Waals surface area contributed by atoms with Gasteiger partial charge >= 0.3 is 0 Å². The first-order valence-electron chi connectivity index (χ1n) is 5.53. The molecule has 0 amide bonds. The lowest BCUT2D eigenvalue weighted by molar-refractivity contribution is 0.375. The molecule has 1 N–H and O–H groups in total. The van der Waals surface area contributed by atoms with Crippen molar-refractivity contribution >= 4 is 0 Å². The zero-order valence-corrected chi connectivity index (χ0v) is 9.61. The quantitative estimate of drug-likeness (QED) is 0.806. The molecule has 1 aromatic carbocycles. The molecule has 1 aromatic heterocycles. The molecular weight excluding hydrogens is 221 g/mol. The summed E-state index contributed by atoms with van der Waals surface area (Å²) in [6.07, 6.45) is 1.61. The van der Waals surface area contributed by atoms with E-state index in [0.29, 0.717) is 23.7 Å². The Morgan fingerprint density at radius 2 is 2.18 bits per heavy atom. The number of halogens is 1. The van der Waals surface area contributed by atoms with E-state index in [2.05, 4.69) is 15.5 Å². The Hall–Kier alpha value is -1.75. The van der Waals surface area contributed by atoms with E-state index >= 15 is 0 Å². The molecule has 0 spiro atoms. The minimum absolute atomic E-state index is 0.308. The Labute approximate surface area is 98.8 Å². The summed E-state index contributed by atoms with van der Waals surface area (Å²) in [7, 11) is 1.89. The van der Waals surface area contributed by atoms with Crippen LogP contribution in [0.5, 0.6) is 0 Å². The van der Waals surface area contributed by atoms with Crippen molar-refractivity contribution in [3.8, 4) is 11.4 Å². The molecule has 0 bridgehead atoms. The first kappa shape index (κ1) is 11.7. The van der Waals surface area contributed by atoms with Gasteiger partial charge in [-0.1, -0.05) is 17.3 Å². The molecule has 2 aromatic rings. The maximum Gasteiger partial charge on any atom is 0.227 e. The Morgan fingerprint density at radius 1 is 1.35 bits per heavy atom. The number of nitrogens with zero attached hydrogens (tertiary/aromatic N) is 2. The topological polar surface area (TPSA) is 51.0 Å². The van der Waals surface area contributed by atoms with Crippen LogP contribution in [-0.4, -0.2) is 23.7 Å². The highest BCUT2D eigenvalue weighted by molar-refractivity contribution is 5.54. The highest BCUT2D eigenvalue weighted by atomic mass is 19.1. The number of benzene rings is 1. The molecule has 5 heteroatoms. The van der Waals surface area contributed by atoms with Crippen LogP contribution in [-0.2, 0) is 6.42 Å². The van der Waals surface area contributed by atoms with Gasteiger partial charge in [0.2, 0.25) is 11.7 Å². The Balaban J connectivity index is 2.10. The molecule has 0 aliphatic carbocycles. The van der Waals surface area contributed by atoms with E-state index in [1.54, 1.807) is 18.2 Å². The first-order chi connectivity index (χ1) is 8.31. The van der Waals surface area contributed by atoms with E-state index in [9.17, 15) is 4.39 Å². The minimum atomic E-state index is -0.338. The standard InChI is InChI=1S/C12H14FN3O/c1-14-8-4-7-11-15-12(16-17-11)9-5-2-3-6-10(9)13/h2-3,5-6,14H,4,7-8H2,1H3. The molecule has 0 saturated carbocycles. The summed E-state index contributed by atoms with van der Waals surface area (Å²) >= 11 is 0. The molecule has 0 aliphatic heterocycles. The monoisotopic (exact) mass is 235 g/mol. The van der Waals surface area contributed by atoms with Crippen molar-refractivity contribution in [1.29, 1.82) is 0 Å². The molecule has 0 atom stereocenters. The highest BCUT2D eigenvalue weighted by Crippen LogP contribution is 2.19. The van der Waals surface area contributed by atoms with Crippen LogP contribution in [0.4, 0.5) is 4.39 Å². The fourth-order valence-corrected chi connectivity index (χ4v) is 1.52. The molecular formula is C12H14FN3O. The summed E-state index contributed by atoms with van der Waals surface area (Å²) in [5.74, 6) is 0.510. The van der Waals surface area contributed by atoms with E-state index in [0.717, 1.165) is 13.0 Å². The predicted octanol–water partition coefficient (Wildman–Crippen LogP) is 2.03. The average Bonchev–Trinajstić information content (AvgIpc) is 2.79. The second-order valence-corrected chi connectivity index (χ2v) is 3.70. The van der Waals surface area contributed by atoms with Crippen molar-refractivity contribution in [2.75, 3.05) is 13.6 Å². The summed E-state index contributed by atoms with van der Waals surface area (Å²) < 4.78 is 18.5. The Kier molecular flexibility index (Phi) is 3.82. The van der Waals surface area contributed by atoms with Crippen LogP contribution in [0.2, 0.25) is 0 Å². The number of aryl methyl sites for hydroxylation is 1. The first-order valence-corrected chi connectivity index (χ1v) is 5.53. The van der Waals surface area contributed by atoms with E-state index in [1.165, 1.54) is 6.07 Å². The predicted molar refractivity (Wildman–Crippen MR) is 61.9 cm³/mol. The summed E-state index contributed by atoms with van der Waals surface area (Å²) in [5, 5.41) is 6.82. The fraction of sp³-hybridized carbons (Fsp3) is 0.333. The molecule has 4 nitrogen and oxygen atoms in total. The Morgan fingerprint density at radius 3 is 2.94 bits per heavy atom. The van der Waals surface area contributed by atoms with E-state index in [-0.39, 0.29) is 5.82 Å². The second kappa shape index (κ2) is 5.54. The third-order valence-corrected chi connectivity index (χ3v) is 2.40. The van der Waals surface area contributed by atoms with E-state index in [4.69, 9.17) is 4.52 Å². The largest absolute Gasteiger partial charge is 0.339 e. The maximum absolute atomic E-state index is 13.5. The van der Waals surface area contributed by atoms with Crippen molar-refractivity contribution in [2.24, 2.45) is 0 Å². The van der Waals surface area contributed by atoms with Gasteiger partial charge in [0, 0.05) is 6.42 Å². The second-order valence-electron chi connectivity index (χ2n) is 3.70. The molecule has 0 aliphatic rings. The van der Waals surface area contributed by atoms with Gasteiger partial charge in [0.15, 0.2) is 0 Å². The van der Waals surface area contributed by atoms with Crippen LogP contribution in [0.1, 0.15) is 12.3 Å². The zero-order chi connectivity index (χ0) is 12.1. The molecule has 1 heterocycles. The molecule has 17 heavy (non-hydrogen) atoms. The molecule has 2 rings (SSSR count).